The maximum Gasteiger partial charge on any atom is 0.121 e. The quantitative estimate of drug-likeness (QED) is 0.857. The summed E-state index contributed by atoms with van der Waals surface area (Å²) in [5.74, 6) is 0.808. The smallest absolute Gasteiger partial charge is 0.121 e. The van der Waals surface area contributed by atoms with E-state index in [-0.39, 0.29) is 6.04 Å². The molecule has 21 heavy (non-hydrogen) atoms. The van der Waals surface area contributed by atoms with E-state index in [1.807, 2.05) is 18.2 Å². The lowest BCUT2D eigenvalue weighted by Crippen LogP contribution is -2.07. The van der Waals surface area contributed by atoms with Gasteiger partial charge in [-0.2, -0.15) is 0 Å². The first-order chi connectivity index (χ1) is 10.2. The molecule has 0 amide bonds. The van der Waals surface area contributed by atoms with E-state index in [1.54, 1.807) is 7.11 Å². The van der Waals surface area contributed by atoms with Gasteiger partial charge in [-0.05, 0) is 55.0 Å². The van der Waals surface area contributed by atoms with Gasteiger partial charge in [0.2, 0.25) is 0 Å². The minimum absolute atomic E-state index is 0.209. The van der Waals surface area contributed by atoms with E-state index in [9.17, 15) is 0 Å². The Labute approximate surface area is 131 Å². The summed E-state index contributed by atoms with van der Waals surface area (Å²) in [6.45, 7) is 2.16. The van der Waals surface area contributed by atoms with Crippen molar-refractivity contribution < 1.29 is 4.74 Å². The topological polar surface area (TPSA) is 21.3 Å². The molecule has 0 aliphatic heterocycles. The fraction of sp³-hybridized carbons (Fsp3) is 0.333. The molecule has 0 bridgehead atoms. The molecule has 0 fully saturated rings. The maximum atomic E-state index is 6.26. The van der Waals surface area contributed by atoms with E-state index in [1.165, 1.54) is 36.0 Å². The number of ether oxygens (including phenoxy) is 1. The van der Waals surface area contributed by atoms with Crippen LogP contribution in [0, 0.1) is 0 Å². The molecular weight excluding hydrogens is 282 g/mol. The van der Waals surface area contributed by atoms with Gasteiger partial charge in [-0.3, -0.25) is 0 Å². The Balaban J connectivity index is 1.81. The van der Waals surface area contributed by atoms with Crippen molar-refractivity contribution in [2.45, 2.75) is 32.2 Å². The highest BCUT2D eigenvalue weighted by molar-refractivity contribution is 6.33. The van der Waals surface area contributed by atoms with Crippen molar-refractivity contribution in [1.82, 2.24) is 0 Å². The van der Waals surface area contributed by atoms with E-state index in [2.05, 4.69) is 30.4 Å². The number of aryl methyl sites for hydroxylation is 2. The van der Waals surface area contributed by atoms with E-state index in [4.69, 9.17) is 16.3 Å². The average Bonchev–Trinajstić information content (AvgIpc) is 2.96. The Hall–Kier alpha value is -1.67. The first-order valence-electron chi connectivity index (χ1n) is 7.39. The first-order valence-corrected chi connectivity index (χ1v) is 7.77. The second-order valence-corrected chi connectivity index (χ2v) is 6.00. The van der Waals surface area contributed by atoms with Crippen LogP contribution in [-0.4, -0.2) is 7.11 Å². The predicted octanol–water partition coefficient (Wildman–Crippen LogP) is 5.01. The number of hydrogen-bond acceptors (Lipinski definition) is 2. The Bertz CT molecular complexity index is 654. The third-order valence-corrected chi connectivity index (χ3v) is 4.50. The Morgan fingerprint density at radius 1 is 1.10 bits per heavy atom. The van der Waals surface area contributed by atoms with Crippen LogP contribution in [-0.2, 0) is 12.8 Å². The van der Waals surface area contributed by atoms with Gasteiger partial charge in [-0.1, -0.05) is 29.8 Å². The molecule has 1 atom stereocenters. The van der Waals surface area contributed by atoms with Gasteiger partial charge in [-0.15, -0.1) is 0 Å². The molecule has 3 rings (SSSR count). The minimum Gasteiger partial charge on any atom is -0.497 e. The molecule has 110 valence electrons. The molecule has 1 aliphatic carbocycles. The van der Waals surface area contributed by atoms with Crippen molar-refractivity contribution in [1.29, 1.82) is 0 Å². The largest absolute Gasteiger partial charge is 0.497 e. The van der Waals surface area contributed by atoms with E-state index in [0.717, 1.165) is 11.4 Å². The molecule has 1 N–H and O–H groups in total. The third kappa shape index (κ3) is 3.01. The lowest BCUT2D eigenvalue weighted by molar-refractivity contribution is 0.415. The molecule has 1 unspecified atom stereocenters. The zero-order valence-corrected chi connectivity index (χ0v) is 13.2. The number of methoxy groups -OCH3 is 1. The number of fused-ring (bicyclic) bond motifs is 1. The van der Waals surface area contributed by atoms with Gasteiger partial charge < -0.3 is 10.1 Å². The van der Waals surface area contributed by atoms with Crippen LogP contribution < -0.4 is 10.1 Å². The fourth-order valence-corrected chi connectivity index (χ4v) is 3.09. The van der Waals surface area contributed by atoms with Crippen molar-refractivity contribution in [3.05, 3.63) is 58.1 Å². The Morgan fingerprint density at radius 2 is 1.90 bits per heavy atom. The fourth-order valence-electron chi connectivity index (χ4n) is 2.92. The van der Waals surface area contributed by atoms with Crippen molar-refractivity contribution in [2.75, 3.05) is 12.4 Å². The Morgan fingerprint density at radius 3 is 2.71 bits per heavy atom. The summed E-state index contributed by atoms with van der Waals surface area (Å²) in [4.78, 5) is 0. The monoisotopic (exact) mass is 301 g/mol. The minimum atomic E-state index is 0.209. The lowest BCUT2D eigenvalue weighted by Gasteiger charge is -2.18. The van der Waals surface area contributed by atoms with E-state index < -0.39 is 0 Å². The summed E-state index contributed by atoms with van der Waals surface area (Å²) in [7, 11) is 1.66. The molecule has 0 aromatic heterocycles. The van der Waals surface area contributed by atoms with Crippen LogP contribution >= 0.6 is 11.6 Å². The molecule has 0 radical (unpaired) electrons. The van der Waals surface area contributed by atoms with Crippen LogP contribution in [0.2, 0.25) is 5.02 Å². The highest BCUT2D eigenvalue weighted by Crippen LogP contribution is 2.31. The lowest BCUT2D eigenvalue weighted by atomic mass is 10.0. The number of nitrogens with one attached hydrogen (secondary N) is 1. The second-order valence-electron chi connectivity index (χ2n) is 5.59. The molecule has 3 heteroatoms. The molecule has 2 aromatic rings. The zero-order chi connectivity index (χ0) is 14.8. The second kappa shape index (κ2) is 5.98. The van der Waals surface area contributed by atoms with Crippen LogP contribution in [0.5, 0.6) is 5.75 Å². The van der Waals surface area contributed by atoms with Crippen LogP contribution in [0.4, 0.5) is 5.69 Å². The number of rotatable bonds is 4. The van der Waals surface area contributed by atoms with Crippen LogP contribution in [0.3, 0.4) is 0 Å². The predicted molar refractivity (Wildman–Crippen MR) is 88.5 cm³/mol. The molecule has 0 saturated carbocycles. The summed E-state index contributed by atoms with van der Waals surface area (Å²) < 4.78 is 5.26. The number of benzene rings is 2. The molecular formula is C18H20ClNO. The third-order valence-electron chi connectivity index (χ3n) is 4.17. The number of hydrogen-bond donors (Lipinski definition) is 1. The standard InChI is InChI=1S/C18H20ClNO/c1-12(14-7-6-13-4-3-5-15(13)10-14)20-18-11-16(21-2)8-9-17(18)19/h6-12,20H,3-5H2,1-2H3. The SMILES string of the molecule is COc1ccc(Cl)c(NC(C)c2ccc3c(c2)CCC3)c1. The van der Waals surface area contributed by atoms with Gasteiger partial charge in [0.25, 0.3) is 0 Å². The highest BCUT2D eigenvalue weighted by Gasteiger charge is 2.14. The van der Waals surface area contributed by atoms with Gasteiger partial charge >= 0.3 is 0 Å². The first kappa shape index (κ1) is 14.3. The van der Waals surface area contributed by atoms with Gasteiger partial charge in [0, 0.05) is 12.1 Å². The van der Waals surface area contributed by atoms with Crippen molar-refractivity contribution >= 4 is 17.3 Å². The summed E-state index contributed by atoms with van der Waals surface area (Å²) >= 11 is 6.26. The van der Waals surface area contributed by atoms with Gasteiger partial charge in [0.1, 0.15) is 5.75 Å². The van der Waals surface area contributed by atoms with E-state index >= 15 is 0 Å². The summed E-state index contributed by atoms with van der Waals surface area (Å²) in [6.07, 6.45) is 3.71. The normalized spacial score (nSPS) is 14.6. The van der Waals surface area contributed by atoms with Crippen molar-refractivity contribution in [2.24, 2.45) is 0 Å². The number of halogens is 1. The van der Waals surface area contributed by atoms with Gasteiger partial charge in [0.05, 0.1) is 17.8 Å². The molecule has 0 spiro atoms. The summed E-state index contributed by atoms with van der Waals surface area (Å²) in [5.41, 5.74) is 5.21. The summed E-state index contributed by atoms with van der Waals surface area (Å²) in [5, 5.41) is 4.19. The molecule has 2 nitrogen and oxygen atoms in total. The molecule has 2 aromatic carbocycles. The van der Waals surface area contributed by atoms with Gasteiger partial charge in [0.15, 0.2) is 0 Å². The highest BCUT2D eigenvalue weighted by atomic mass is 35.5. The van der Waals surface area contributed by atoms with Gasteiger partial charge in [-0.25, -0.2) is 0 Å². The van der Waals surface area contributed by atoms with Crippen molar-refractivity contribution in [3.8, 4) is 5.75 Å². The maximum absolute atomic E-state index is 6.26. The number of anilines is 1. The van der Waals surface area contributed by atoms with Crippen LogP contribution in [0.1, 0.15) is 36.1 Å². The molecule has 1 aliphatic rings. The van der Waals surface area contributed by atoms with E-state index in [0.29, 0.717) is 5.02 Å². The van der Waals surface area contributed by atoms with Crippen LogP contribution in [0.15, 0.2) is 36.4 Å². The Kier molecular flexibility index (Phi) is 4.07. The summed E-state index contributed by atoms with van der Waals surface area (Å²) in [6, 6.07) is 12.7. The van der Waals surface area contributed by atoms with Crippen molar-refractivity contribution in [3.63, 3.8) is 0 Å². The molecule has 0 heterocycles. The molecule has 0 saturated heterocycles. The van der Waals surface area contributed by atoms with Crippen LogP contribution in [0.25, 0.3) is 0 Å². The average molecular weight is 302 g/mol. The zero-order valence-electron chi connectivity index (χ0n) is 12.4.